The Bertz CT molecular complexity index is 615. The summed E-state index contributed by atoms with van der Waals surface area (Å²) in [5.41, 5.74) is 1.79. The van der Waals surface area contributed by atoms with Gasteiger partial charge in [0.25, 0.3) is 0 Å². The Labute approximate surface area is 120 Å². The maximum atomic E-state index is 10.7. The van der Waals surface area contributed by atoms with Gasteiger partial charge in [-0.2, -0.15) is 0 Å². The molecule has 0 aliphatic rings. The molecule has 1 unspecified atom stereocenters. The predicted octanol–water partition coefficient (Wildman–Crippen LogP) is 1.98. The number of carbonyl (C=O) groups is 1. The van der Waals surface area contributed by atoms with Gasteiger partial charge in [0.05, 0.1) is 17.5 Å². The van der Waals surface area contributed by atoms with Crippen molar-refractivity contribution in [3.05, 3.63) is 22.8 Å². The molecule has 1 atom stereocenters. The lowest BCUT2D eigenvalue weighted by molar-refractivity contribution is -0.133. The molecule has 0 spiro atoms. The van der Waals surface area contributed by atoms with Gasteiger partial charge in [-0.15, -0.1) is 10.2 Å². The molecule has 0 saturated heterocycles. The van der Waals surface area contributed by atoms with E-state index in [9.17, 15) is 4.79 Å². The topological polar surface area (TPSA) is 94.0 Å². The Kier molecular flexibility index (Phi) is 4.12. The Morgan fingerprint density at radius 3 is 2.65 bits per heavy atom. The number of carboxylic acid groups (broad SMARTS) is 1. The molecule has 0 aliphatic carbocycles. The molecule has 0 saturated carbocycles. The monoisotopic (exact) mass is 296 g/mol. The first-order chi connectivity index (χ1) is 9.41. The number of hydrogen-bond acceptors (Lipinski definition) is 6. The zero-order valence-electron chi connectivity index (χ0n) is 11.7. The van der Waals surface area contributed by atoms with Gasteiger partial charge in [-0.1, -0.05) is 16.9 Å². The van der Waals surface area contributed by atoms with Crippen molar-refractivity contribution in [1.29, 1.82) is 0 Å². The number of thioether (sulfide) groups is 1. The Balaban J connectivity index is 2.37. The number of nitrogens with zero attached hydrogens (tertiary/aromatic N) is 4. The third kappa shape index (κ3) is 2.69. The summed E-state index contributed by atoms with van der Waals surface area (Å²) in [4.78, 5) is 10.7. The third-order valence-electron chi connectivity index (χ3n) is 3.05. The highest BCUT2D eigenvalue weighted by Gasteiger charge is 2.23. The van der Waals surface area contributed by atoms with Crippen molar-refractivity contribution in [3.63, 3.8) is 0 Å². The molecule has 0 fully saturated rings. The zero-order valence-corrected chi connectivity index (χ0v) is 12.6. The van der Waals surface area contributed by atoms with E-state index >= 15 is 0 Å². The minimum absolute atomic E-state index is 0.0492. The van der Waals surface area contributed by atoms with E-state index in [2.05, 4.69) is 15.4 Å². The SMILES string of the molecule is Cc1noc(C)c1C(C)n1c(C)nnc1SCC(=O)O. The van der Waals surface area contributed by atoms with Gasteiger partial charge in [-0.3, -0.25) is 9.36 Å². The lowest BCUT2D eigenvalue weighted by atomic mass is 10.1. The van der Waals surface area contributed by atoms with E-state index in [0.29, 0.717) is 5.16 Å². The zero-order chi connectivity index (χ0) is 14.9. The second-order valence-electron chi connectivity index (χ2n) is 4.50. The lowest BCUT2D eigenvalue weighted by Crippen LogP contribution is -2.12. The summed E-state index contributed by atoms with van der Waals surface area (Å²) in [6.07, 6.45) is 0. The van der Waals surface area contributed by atoms with Crippen molar-refractivity contribution in [1.82, 2.24) is 19.9 Å². The van der Waals surface area contributed by atoms with Crippen LogP contribution < -0.4 is 0 Å². The van der Waals surface area contributed by atoms with E-state index in [4.69, 9.17) is 9.63 Å². The maximum absolute atomic E-state index is 10.7. The Morgan fingerprint density at radius 1 is 1.40 bits per heavy atom. The van der Waals surface area contributed by atoms with Crippen molar-refractivity contribution in [3.8, 4) is 0 Å². The standard InChI is InChI=1S/C12H16N4O3S/c1-6-11(8(3)19-15-6)7(2)16-9(4)13-14-12(16)20-5-10(17)18/h7H,5H2,1-4H3,(H,17,18). The third-order valence-corrected chi connectivity index (χ3v) is 3.98. The van der Waals surface area contributed by atoms with Crippen LogP contribution in [-0.4, -0.2) is 36.7 Å². The summed E-state index contributed by atoms with van der Waals surface area (Å²) in [7, 11) is 0. The van der Waals surface area contributed by atoms with Gasteiger partial charge in [0.15, 0.2) is 5.16 Å². The molecule has 1 N–H and O–H groups in total. The first-order valence-corrected chi connectivity index (χ1v) is 7.09. The maximum Gasteiger partial charge on any atom is 0.313 e. The van der Waals surface area contributed by atoms with E-state index in [1.165, 1.54) is 0 Å². The fourth-order valence-electron chi connectivity index (χ4n) is 2.24. The van der Waals surface area contributed by atoms with Crippen LogP contribution in [0.5, 0.6) is 0 Å². The Hall–Kier alpha value is -1.83. The molecule has 8 heteroatoms. The molecule has 0 bridgehead atoms. The summed E-state index contributed by atoms with van der Waals surface area (Å²) < 4.78 is 7.09. The lowest BCUT2D eigenvalue weighted by Gasteiger charge is -2.16. The van der Waals surface area contributed by atoms with E-state index in [0.717, 1.165) is 34.6 Å². The van der Waals surface area contributed by atoms with Crippen LogP contribution in [0.25, 0.3) is 0 Å². The highest BCUT2D eigenvalue weighted by Crippen LogP contribution is 2.29. The fourth-order valence-corrected chi connectivity index (χ4v) is 3.02. The van der Waals surface area contributed by atoms with Gasteiger partial charge in [0.2, 0.25) is 0 Å². The quantitative estimate of drug-likeness (QED) is 0.843. The molecule has 0 amide bonds. The first-order valence-electron chi connectivity index (χ1n) is 6.10. The highest BCUT2D eigenvalue weighted by molar-refractivity contribution is 7.99. The van der Waals surface area contributed by atoms with Gasteiger partial charge in [0.1, 0.15) is 11.6 Å². The second-order valence-corrected chi connectivity index (χ2v) is 5.44. The summed E-state index contributed by atoms with van der Waals surface area (Å²) in [5, 5.41) is 21.4. The molecule has 2 heterocycles. The molecule has 108 valence electrons. The number of carboxylic acids is 1. The molecular formula is C12H16N4O3S. The number of rotatable bonds is 5. The molecule has 2 aromatic heterocycles. The molecule has 0 radical (unpaired) electrons. The van der Waals surface area contributed by atoms with E-state index in [1.807, 2.05) is 32.3 Å². The number of aliphatic carboxylic acids is 1. The molecule has 2 rings (SSSR count). The summed E-state index contributed by atoms with van der Waals surface area (Å²) in [5.74, 6) is 0.543. The minimum atomic E-state index is -0.882. The fraction of sp³-hybridized carbons (Fsp3) is 0.500. The van der Waals surface area contributed by atoms with Crippen molar-refractivity contribution >= 4 is 17.7 Å². The van der Waals surface area contributed by atoms with E-state index < -0.39 is 5.97 Å². The van der Waals surface area contributed by atoms with Crippen LogP contribution in [0.4, 0.5) is 0 Å². The van der Waals surface area contributed by atoms with Crippen LogP contribution in [-0.2, 0) is 4.79 Å². The molecule has 0 aromatic carbocycles. The van der Waals surface area contributed by atoms with Crippen molar-refractivity contribution in [2.24, 2.45) is 0 Å². The molecule has 20 heavy (non-hydrogen) atoms. The van der Waals surface area contributed by atoms with Crippen LogP contribution in [0.1, 0.15) is 35.8 Å². The van der Waals surface area contributed by atoms with Gasteiger partial charge >= 0.3 is 5.97 Å². The number of aryl methyl sites for hydroxylation is 3. The van der Waals surface area contributed by atoms with Crippen LogP contribution in [0.3, 0.4) is 0 Å². The number of aromatic nitrogens is 4. The number of hydrogen-bond donors (Lipinski definition) is 1. The molecule has 0 aliphatic heterocycles. The average Bonchev–Trinajstić information content (AvgIpc) is 2.90. The second kappa shape index (κ2) is 5.66. The van der Waals surface area contributed by atoms with Crippen molar-refractivity contribution in [2.45, 2.75) is 38.9 Å². The van der Waals surface area contributed by atoms with Crippen LogP contribution in [0, 0.1) is 20.8 Å². The van der Waals surface area contributed by atoms with Gasteiger partial charge < -0.3 is 9.63 Å². The smallest absolute Gasteiger partial charge is 0.313 e. The van der Waals surface area contributed by atoms with E-state index in [-0.39, 0.29) is 11.8 Å². The van der Waals surface area contributed by atoms with Crippen LogP contribution >= 0.6 is 11.8 Å². The summed E-state index contributed by atoms with van der Waals surface area (Å²) >= 11 is 1.15. The average molecular weight is 296 g/mol. The molecular weight excluding hydrogens is 280 g/mol. The Morgan fingerprint density at radius 2 is 2.10 bits per heavy atom. The molecule has 7 nitrogen and oxygen atoms in total. The molecule has 2 aromatic rings. The minimum Gasteiger partial charge on any atom is -0.481 e. The first kappa shape index (κ1) is 14.6. The highest BCUT2D eigenvalue weighted by atomic mass is 32.2. The van der Waals surface area contributed by atoms with Crippen molar-refractivity contribution in [2.75, 3.05) is 5.75 Å². The summed E-state index contributed by atoms with van der Waals surface area (Å²) in [6, 6.07) is -0.0625. The van der Waals surface area contributed by atoms with Gasteiger partial charge in [-0.25, -0.2) is 0 Å². The summed E-state index contributed by atoms with van der Waals surface area (Å²) in [6.45, 7) is 7.57. The largest absolute Gasteiger partial charge is 0.481 e. The van der Waals surface area contributed by atoms with Gasteiger partial charge in [0, 0.05) is 5.56 Å². The van der Waals surface area contributed by atoms with E-state index in [1.54, 1.807) is 0 Å². The normalized spacial score (nSPS) is 12.6. The van der Waals surface area contributed by atoms with Gasteiger partial charge in [-0.05, 0) is 27.7 Å². The van der Waals surface area contributed by atoms with Crippen LogP contribution in [0.15, 0.2) is 9.68 Å². The van der Waals surface area contributed by atoms with Crippen LogP contribution in [0.2, 0.25) is 0 Å². The van der Waals surface area contributed by atoms with Crippen molar-refractivity contribution < 1.29 is 14.4 Å². The predicted molar refractivity (Wildman–Crippen MR) is 72.9 cm³/mol.